The van der Waals surface area contributed by atoms with Crippen molar-refractivity contribution in [3.63, 3.8) is 0 Å². The first-order valence-electron chi connectivity index (χ1n) is 7.91. The Morgan fingerprint density at radius 3 is 2.72 bits per heavy atom. The van der Waals surface area contributed by atoms with Crippen LogP contribution in [0.2, 0.25) is 0 Å². The van der Waals surface area contributed by atoms with Crippen LogP contribution in [0.1, 0.15) is 18.5 Å². The van der Waals surface area contributed by atoms with Crippen LogP contribution in [0.4, 0.5) is 4.39 Å². The van der Waals surface area contributed by atoms with Crippen LogP contribution >= 0.6 is 0 Å². The first kappa shape index (κ1) is 16.7. The second kappa shape index (κ2) is 7.61. The molecule has 0 saturated carbocycles. The number of nitrogens with one attached hydrogen (secondary N) is 1. The van der Waals surface area contributed by atoms with Gasteiger partial charge in [0, 0.05) is 30.7 Å². The highest BCUT2D eigenvalue weighted by atomic mass is 19.1. The second-order valence-corrected chi connectivity index (χ2v) is 5.52. The number of hydrogen-bond acceptors (Lipinski definition) is 3. The standard InChI is InChI=1S/C19H18FN3O2/c1-14(23-11-4-5-12-23)18(24)22-13-15-7-6-10-21-19(15)25-17-9-3-2-8-16(17)20/h2-12,14H,13H2,1H3,(H,22,24). The largest absolute Gasteiger partial charge is 0.436 e. The Kier molecular flexibility index (Phi) is 5.09. The molecule has 1 aromatic carbocycles. The zero-order chi connectivity index (χ0) is 17.6. The van der Waals surface area contributed by atoms with Crippen LogP contribution < -0.4 is 10.1 Å². The van der Waals surface area contributed by atoms with Gasteiger partial charge in [-0.25, -0.2) is 9.37 Å². The number of nitrogens with zero attached hydrogens (tertiary/aromatic N) is 2. The van der Waals surface area contributed by atoms with Crippen molar-refractivity contribution in [1.29, 1.82) is 0 Å². The normalized spacial score (nSPS) is 11.8. The lowest BCUT2D eigenvalue weighted by molar-refractivity contribution is -0.124. The van der Waals surface area contributed by atoms with E-state index in [-0.39, 0.29) is 30.1 Å². The minimum absolute atomic E-state index is 0.0921. The topological polar surface area (TPSA) is 56.1 Å². The maximum atomic E-state index is 13.8. The lowest BCUT2D eigenvalue weighted by Gasteiger charge is -2.15. The first-order chi connectivity index (χ1) is 12.1. The van der Waals surface area contributed by atoms with Gasteiger partial charge in [-0.05, 0) is 37.3 Å². The van der Waals surface area contributed by atoms with E-state index >= 15 is 0 Å². The molecular weight excluding hydrogens is 321 g/mol. The van der Waals surface area contributed by atoms with Gasteiger partial charge in [0.05, 0.1) is 0 Å². The fourth-order valence-corrected chi connectivity index (χ4v) is 2.35. The van der Waals surface area contributed by atoms with Gasteiger partial charge < -0.3 is 14.6 Å². The summed E-state index contributed by atoms with van der Waals surface area (Å²) in [4.78, 5) is 16.4. The Hall–Kier alpha value is -3.15. The molecule has 6 heteroatoms. The molecule has 5 nitrogen and oxygen atoms in total. The van der Waals surface area contributed by atoms with Crippen molar-refractivity contribution in [2.75, 3.05) is 0 Å². The van der Waals surface area contributed by atoms with Crippen LogP contribution in [-0.4, -0.2) is 15.5 Å². The number of carbonyl (C=O) groups excluding carboxylic acids is 1. The third-order valence-electron chi connectivity index (χ3n) is 3.80. The van der Waals surface area contributed by atoms with E-state index in [4.69, 9.17) is 4.74 Å². The molecule has 0 fully saturated rings. The zero-order valence-corrected chi connectivity index (χ0v) is 13.7. The van der Waals surface area contributed by atoms with Crippen molar-refractivity contribution >= 4 is 5.91 Å². The Bertz CT molecular complexity index is 849. The van der Waals surface area contributed by atoms with Gasteiger partial charge in [0.15, 0.2) is 11.6 Å². The highest BCUT2D eigenvalue weighted by Crippen LogP contribution is 2.25. The van der Waals surface area contributed by atoms with Crippen molar-refractivity contribution < 1.29 is 13.9 Å². The van der Waals surface area contributed by atoms with Gasteiger partial charge in [-0.2, -0.15) is 0 Å². The van der Waals surface area contributed by atoms with Gasteiger partial charge in [0.25, 0.3) is 0 Å². The number of rotatable bonds is 6. The van der Waals surface area contributed by atoms with E-state index in [2.05, 4.69) is 10.3 Å². The molecule has 1 unspecified atom stereocenters. The molecule has 1 N–H and O–H groups in total. The number of hydrogen-bond donors (Lipinski definition) is 1. The summed E-state index contributed by atoms with van der Waals surface area (Å²) in [7, 11) is 0. The number of amides is 1. The molecule has 0 aliphatic carbocycles. The summed E-state index contributed by atoms with van der Waals surface area (Å²) in [6, 6.07) is 13.0. The summed E-state index contributed by atoms with van der Waals surface area (Å²) < 4.78 is 21.1. The molecule has 1 atom stereocenters. The number of halogens is 1. The predicted octanol–water partition coefficient (Wildman–Crippen LogP) is 3.69. The van der Waals surface area contributed by atoms with Crippen LogP contribution in [0.15, 0.2) is 67.1 Å². The highest BCUT2D eigenvalue weighted by Gasteiger charge is 2.15. The van der Waals surface area contributed by atoms with Gasteiger partial charge in [-0.15, -0.1) is 0 Å². The van der Waals surface area contributed by atoms with E-state index in [1.54, 1.807) is 30.5 Å². The minimum atomic E-state index is -0.468. The van der Waals surface area contributed by atoms with E-state index in [1.807, 2.05) is 36.0 Å². The highest BCUT2D eigenvalue weighted by molar-refractivity contribution is 5.79. The number of benzene rings is 1. The molecule has 1 amide bonds. The lowest BCUT2D eigenvalue weighted by atomic mass is 10.2. The van der Waals surface area contributed by atoms with Gasteiger partial charge in [-0.3, -0.25) is 4.79 Å². The lowest BCUT2D eigenvalue weighted by Crippen LogP contribution is -2.30. The Morgan fingerprint density at radius 1 is 1.20 bits per heavy atom. The monoisotopic (exact) mass is 339 g/mol. The number of para-hydroxylation sites is 1. The van der Waals surface area contributed by atoms with Crippen LogP contribution in [0.5, 0.6) is 11.6 Å². The van der Waals surface area contributed by atoms with E-state index in [1.165, 1.54) is 12.1 Å². The molecule has 0 radical (unpaired) electrons. The van der Waals surface area contributed by atoms with E-state index in [9.17, 15) is 9.18 Å². The molecular formula is C19H18FN3O2. The Morgan fingerprint density at radius 2 is 1.96 bits per heavy atom. The minimum Gasteiger partial charge on any atom is -0.436 e. The molecule has 3 rings (SSSR count). The average molecular weight is 339 g/mol. The summed E-state index contributed by atoms with van der Waals surface area (Å²) in [6.07, 6.45) is 5.23. The van der Waals surface area contributed by atoms with E-state index < -0.39 is 5.82 Å². The van der Waals surface area contributed by atoms with Crippen LogP contribution in [0.25, 0.3) is 0 Å². The predicted molar refractivity (Wildman–Crippen MR) is 91.7 cm³/mol. The summed E-state index contributed by atoms with van der Waals surface area (Å²) in [5.41, 5.74) is 0.666. The zero-order valence-electron chi connectivity index (χ0n) is 13.7. The molecule has 2 aromatic heterocycles. The van der Waals surface area contributed by atoms with Crippen molar-refractivity contribution in [1.82, 2.24) is 14.9 Å². The summed E-state index contributed by atoms with van der Waals surface area (Å²) in [5, 5.41) is 2.85. The number of carbonyl (C=O) groups is 1. The van der Waals surface area contributed by atoms with Gasteiger partial charge in [-0.1, -0.05) is 18.2 Å². The van der Waals surface area contributed by atoms with Crippen LogP contribution in [-0.2, 0) is 11.3 Å². The third kappa shape index (κ3) is 4.03. The summed E-state index contributed by atoms with van der Waals surface area (Å²) >= 11 is 0. The van der Waals surface area contributed by atoms with E-state index in [0.29, 0.717) is 5.56 Å². The SMILES string of the molecule is CC(C(=O)NCc1cccnc1Oc1ccccc1F)n1cccc1. The quantitative estimate of drug-likeness (QED) is 0.745. The van der Waals surface area contributed by atoms with Crippen LogP contribution in [0, 0.1) is 5.82 Å². The average Bonchev–Trinajstić information content (AvgIpc) is 3.16. The fourth-order valence-electron chi connectivity index (χ4n) is 2.35. The van der Waals surface area contributed by atoms with Crippen LogP contribution in [0.3, 0.4) is 0 Å². The van der Waals surface area contributed by atoms with Crippen molar-refractivity contribution in [2.45, 2.75) is 19.5 Å². The van der Waals surface area contributed by atoms with Crippen molar-refractivity contribution in [2.24, 2.45) is 0 Å². The molecule has 3 aromatic rings. The molecule has 0 aliphatic heterocycles. The molecule has 0 aliphatic rings. The van der Waals surface area contributed by atoms with Crippen molar-refractivity contribution in [3.05, 3.63) is 78.5 Å². The Labute approximate surface area is 145 Å². The maximum absolute atomic E-state index is 13.8. The fraction of sp³-hybridized carbons (Fsp3) is 0.158. The van der Waals surface area contributed by atoms with Crippen molar-refractivity contribution in [3.8, 4) is 11.6 Å². The van der Waals surface area contributed by atoms with E-state index in [0.717, 1.165) is 0 Å². The Balaban J connectivity index is 1.69. The molecule has 0 spiro atoms. The molecule has 0 saturated heterocycles. The van der Waals surface area contributed by atoms with Gasteiger partial charge in [0.2, 0.25) is 11.8 Å². The van der Waals surface area contributed by atoms with Gasteiger partial charge in [0.1, 0.15) is 6.04 Å². The van der Waals surface area contributed by atoms with Gasteiger partial charge >= 0.3 is 0 Å². The molecule has 128 valence electrons. The second-order valence-electron chi connectivity index (χ2n) is 5.52. The third-order valence-corrected chi connectivity index (χ3v) is 3.80. The number of pyridine rings is 1. The smallest absolute Gasteiger partial charge is 0.243 e. The number of aromatic nitrogens is 2. The maximum Gasteiger partial charge on any atom is 0.243 e. The summed E-state index contributed by atoms with van der Waals surface area (Å²) in [6.45, 7) is 2.05. The summed E-state index contributed by atoms with van der Waals surface area (Å²) in [5.74, 6) is -0.239. The molecule has 2 heterocycles. The first-order valence-corrected chi connectivity index (χ1v) is 7.91. The molecule has 0 bridgehead atoms. The molecule has 25 heavy (non-hydrogen) atoms. The number of ether oxygens (including phenoxy) is 1.